The predicted octanol–water partition coefficient (Wildman–Crippen LogP) is 0.229. The number of aryl methyl sites for hydroxylation is 2. The molecule has 0 unspecified atom stereocenters. The Labute approximate surface area is 177 Å². The quantitative estimate of drug-likeness (QED) is 0.461. The van der Waals surface area contributed by atoms with E-state index in [1.807, 2.05) is 5.38 Å². The maximum absolute atomic E-state index is 12.8. The van der Waals surface area contributed by atoms with Crippen molar-refractivity contribution in [2.45, 2.75) is 25.7 Å². The van der Waals surface area contributed by atoms with E-state index in [-0.39, 0.29) is 57.3 Å². The first-order valence-electron chi connectivity index (χ1n) is 6.40. The fourth-order valence-corrected chi connectivity index (χ4v) is 4.95. The number of aromatic nitrogens is 3. The summed E-state index contributed by atoms with van der Waals surface area (Å²) in [6, 6.07) is 0. The molecule has 0 saturated heterocycles. The Kier molecular flexibility index (Phi) is 4.97. The van der Waals surface area contributed by atoms with Crippen LogP contribution in [-0.4, -0.2) is 14.5 Å². The molecule has 1 aliphatic rings. The van der Waals surface area contributed by atoms with Crippen LogP contribution < -0.4 is 56.5 Å². The summed E-state index contributed by atoms with van der Waals surface area (Å²) in [6.07, 6.45) is 6.04. The van der Waals surface area contributed by atoms with Crippen molar-refractivity contribution in [3.8, 4) is 11.0 Å². The predicted molar refractivity (Wildman–Crippen MR) is 81.5 cm³/mol. The van der Waals surface area contributed by atoms with Crippen LogP contribution in [0, 0.1) is 4.77 Å². The van der Waals surface area contributed by atoms with Crippen molar-refractivity contribution in [2.75, 3.05) is 0 Å². The Morgan fingerprint density at radius 2 is 2.10 bits per heavy atom. The minimum atomic E-state index is -0.0608. The maximum atomic E-state index is 12.8. The Bertz CT molecular complexity index is 854. The first-order chi connectivity index (χ1) is 9.75. The van der Waals surface area contributed by atoms with Gasteiger partial charge >= 0.3 is 51.4 Å². The Morgan fingerprint density at radius 1 is 1.29 bits per heavy atom. The van der Waals surface area contributed by atoms with Gasteiger partial charge in [0.25, 0.3) is 0 Å². The third kappa shape index (κ3) is 2.70. The monoisotopic (exact) mass is 359 g/mol. The third-order valence-electron chi connectivity index (χ3n) is 3.57. The molecule has 4 rings (SSSR count). The molecule has 102 valence electrons. The van der Waals surface area contributed by atoms with Gasteiger partial charge < -0.3 is 5.11 Å². The smallest absolute Gasteiger partial charge is 0.859 e. The molecule has 3 aromatic heterocycles. The summed E-state index contributed by atoms with van der Waals surface area (Å²) in [5.41, 5.74) is 1.19. The first kappa shape index (κ1) is 16.2. The third-order valence-corrected chi connectivity index (χ3v) is 5.78. The van der Waals surface area contributed by atoms with E-state index in [1.54, 1.807) is 17.5 Å². The van der Waals surface area contributed by atoms with Crippen LogP contribution in [0.1, 0.15) is 23.3 Å². The second-order valence-electron chi connectivity index (χ2n) is 4.74. The summed E-state index contributed by atoms with van der Waals surface area (Å²) in [5.74, 6) is -0.0608. The van der Waals surface area contributed by atoms with Crippen molar-refractivity contribution in [2.24, 2.45) is 0 Å². The molecule has 1 aliphatic carbocycles. The van der Waals surface area contributed by atoms with Gasteiger partial charge in [-0.25, -0.2) is 9.97 Å². The summed E-state index contributed by atoms with van der Waals surface area (Å²) in [7, 11) is 0. The second-order valence-corrected chi connectivity index (χ2v) is 7.06. The summed E-state index contributed by atoms with van der Waals surface area (Å²) in [4.78, 5) is 10.7. The number of nitrogens with zero attached hydrogens (tertiary/aromatic N) is 3. The van der Waals surface area contributed by atoms with E-state index in [2.05, 4.69) is 9.97 Å². The van der Waals surface area contributed by atoms with Gasteiger partial charge in [-0.15, -0.1) is 22.7 Å². The molecule has 0 amide bonds. The Hall–Kier alpha value is 0.326. The number of hydrogen-bond donors (Lipinski definition) is 0. The molecule has 0 aromatic carbocycles. The van der Waals surface area contributed by atoms with Crippen LogP contribution in [0.25, 0.3) is 15.3 Å². The van der Waals surface area contributed by atoms with Crippen molar-refractivity contribution in [3.05, 3.63) is 26.8 Å². The van der Waals surface area contributed by atoms with Gasteiger partial charge in [0, 0.05) is 21.8 Å². The van der Waals surface area contributed by atoms with Crippen LogP contribution in [0.4, 0.5) is 0 Å². The molecule has 0 atom stereocenters. The molecule has 0 bridgehead atoms. The number of thiophene rings is 1. The van der Waals surface area contributed by atoms with Crippen LogP contribution in [-0.2, 0) is 12.8 Å². The Balaban J connectivity index is 0.00000132. The van der Waals surface area contributed by atoms with Crippen molar-refractivity contribution >= 4 is 45.1 Å². The minimum absolute atomic E-state index is 0. The molecule has 0 saturated carbocycles. The molecule has 0 spiro atoms. The van der Waals surface area contributed by atoms with Crippen LogP contribution >= 0.6 is 34.9 Å². The largest absolute Gasteiger partial charge is 1.00 e. The molecule has 0 N–H and O–H groups in total. The maximum Gasteiger partial charge on any atom is 1.00 e. The van der Waals surface area contributed by atoms with Crippen molar-refractivity contribution in [1.29, 1.82) is 0 Å². The van der Waals surface area contributed by atoms with E-state index in [0.717, 1.165) is 29.5 Å². The van der Waals surface area contributed by atoms with Gasteiger partial charge in [0.15, 0.2) is 5.13 Å². The zero-order valence-electron chi connectivity index (χ0n) is 11.5. The van der Waals surface area contributed by atoms with Gasteiger partial charge in [0.1, 0.15) is 4.83 Å². The number of thiazole rings is 1. The van der Waals surface area contributed by atoms with E-state index in [0.29, 0.717) is 9.90 Å². The van der Waals surface area contributed by atoms with Gasteiger partial charge in [-0.05, 0) is 49.3 Å². The summed E-state index contributed by atoms with van der Waals surface area (Å²) < 4.78 is 1.76. The average Bonchev–Trinajstić information content (AvgIpc) is 3.05. The number of rotatable bonds is 1. The summed E-state index contributed by atoms with van der Waals surface area (Å²) in [5, 5.41) is 16.0. The normalized spacial score (nSPS) is 13.9. The van der Waals surface area contributed by atoms with Gasteiger partial charge in [-0.1, -0.05) is 0 Å². The number of fused-ring (bicyclic) bond motifs is 3. The molecular weight excluding hydrogens is 349 g/mol. The standard InChI is InChI=1S/C13H11N3OS3.K/c17-11-9-7-3-1-2-4-8(7)20-10(9)15-12(18)16(11)13-14-5-6-19-13;/h5-6,17H,1-4H2;/q;+1/p-1. The molecule has 3 heterocycles. The summed E-state index contributed by atoms with van der Waals surface area (Å²) in [6.45, 7) is 0. The second kappa shape index (κ2) is 6.44. The molecule has 3 aromatic rings. The van der Waals surface area contributed by atoms with Crippen LogP contribution in [0.2, 0.25) is 0 Å². The zero-order chi connectivity index (χ0) is 13.7. The zero-order valence-corrected chi connectivity index (χ0v) is 17.0. The molecule has 0 aliphatic heterocycles. The van der Waals surface area contributed by atoms with Gasteiger partial charge in [-0.3, -0.25) is 4.57 Å². The van der Waals surface area contributed by atoms with Crippen LogP contribution in [0.5, 0.6) is 5.88 Å². The Morgan fingerprint density at radius 3 is 2.86 bits per heavy atom. The molecule has 8 heteroatoms. The van der Waals surface area contributed by atoms with Gasteiger partial charge in [0.05, 0.1) is 0 Å². The molecular formula is C13H10KN3OS3. The first-order valence-corrected chi connectivity index (χ1v) is 8.50. The number of hydrogen-bond acceptors (Lipinski definition) is 6. The van der Waals surface area contributed by atoms with Crippen molar-refractivity contribution in [1.82, 2.24) is 14.5 Å². The molecule has 0 fully saturated rings. The van der Waals surface area contributed by atoms with E-state index < -0.39 is 0 Å². The van der Waals surface area contributed by atoms with Gasteiger partial charge in [0.2, 0.25) is 4.77 Å². The topological polar surface area (TPSA) is 53.8 Å². The average molecular weight is 360 g/mol. The van der Waals surface area contributed by atoms with E-state index in [9.17, 15) is 5.11 Å². The van der Waals surface area contributed by atoms with Crippen LogP contribution in [0.3, 0.4) is 0 Å². The SMILES string of the molecule is [K+].[O-]c1c2c3c(sc2nc(=S)n1-c1nccs1)CCCC3. The fraction of sp³-hybridized carbons (Fsp3) is 0.308. The van der Waals surface area contributed by atoms with Crippen molar-refractivity contribution in [3.63, 3.8) is 0 Å². The summed E-state index contributed by atoms with van der Waals surface area (Å²) >= 11 is 8.31. The molecule has 21 heavy (non-hydrogen) atoms. The van der Waals surface area contributed by atoms with E-state index >= 15 is 0 Å². The van der Waals surface area contributed by atoms with Gasteiger partial charge in [-0.2, -0.15) is 0 Å². The minimum Gasteiger partial charge on any atom is -0.859 e. The van der Waals surface area contributed by atoms with E-state index in [4.69, 9.17) is 12.2 Å². The van der Waals surface area contributed by atoms with Crippen LogP contribution in [0.15, 0.2) is 11.6 Å². The van der Waals surface area contributed by atoms with Crippen molar-refractivity contribution < 1.29 is 56.5 Å². The fourth-order valence-electron chi connectivity index (χ4n) is 2.68. The molecule has 4 nitrogen and oxygen atoms in total. The molecule has 0 radical (unpaired) electrons. The van der Waals surface area contributed by atoms with E-state index in [1.165, 1.54) is 32.8 Å².